The Labute approximate surface area is 149 Å². The molecule has 6 nitrogen and oxygen atoms in total. The number of hydrogen-bond donors (Lipinski definition) is 0. The summed E-state index contributed by atoms with van der Waals surface area (Å²) in [5.41, 5.74) is 3.53. The molecule has 132 valence electrons. The lowest BCUT2D eigenvalue weighted by atomic mass is 10.0. The highest BCUT2D eigenvalue weighted by Crippen LogP contribution is 2.28. The molecule has 6 heteroatoms. The second-order valence-corrected chi connectivity index (χ2v) is 6.23. The monoisotopic (exact) mass is 351 g/mol. The molecule has 4 rings (SSSR count). The molecule has 0 N–H and O–H groups in total. The SMILES string of the molecule is COc1ccc(C(=O)OCc2cc(=O)oc3cc4c(cc23)CCC4)cn1. The van der Waals surface area contributed by atoms with Gasteiger partial charge in [-0.15, -0.1) is 0 Å². The van der Waals surface area contributed by atoms with E-state index in [1.165, 1.54) is 30.5 Å². The number of rotatable bonds is 4. The van der Waals surface area contributed by atoms with Crippen LogP contribution in [0.3, 0.4) is 0 Å². The Hall–Kier alpha value is -3.15. The lowest BCUT2D eigenvalue weighted by molar-refractivity contribution is 0.0473. The van der Waals surface area contributed by atoms with Crippen molar-refractivity contribution in [2.45, 2.75) is 25.9 Å². The summed E-state index contributed by atoms with van der Waals surface area (Å²) < 4.78 is 15.7. The van der Waals surface area contributed by atoms with Crippen LogP contribution in [0.15, 0.2) is 45.7 Å². The van der Waals surface area contributed by atoms with Crippen molar-refractivity contribution in [2.75, 3.05) is 7.11 Å². The van der Waals surface area contributed by atoms with Gasteiger partial charge in [-0.2, -0.15) is 0 Å². The highest BCUT2D eigenvalue weighted by Gasteiger charge is 2.16. The molecular weight excluding hydrogens is 334 g/mol. The summed E-state index contributed by atoms with van der Waals surface area (Å²) in [6.07, 6.45) is 4.51. The van der Waals surface area contributed by atoms with Crippen LogP contribution >= 0.6 is 0 Å². The Balaban J connectivity index is 1.60. The average molecular weight is 351 g/mol. The number of carbonyl (C=O) groups excluding carboxylic acids is 1. The first-order valence-electron chi connectivity index (χ1n) is 8.40. The van der Waals surface area contributed by atoms with Crippen LogP contribution in [0, 0.1) is 0 Å². The molecule has 1 aliphatic carbocycles. The molecule has 26 heavy (non-hydrogen) atoms. The van der Waals surface area contributed by atoms with E-state index in [0.29, 0.717) is 22.6 Å². The standard InChI is InChI=1S/C20H17NO5/c1-24-18-6-5-14(10-21-18)20(23)25-11-15-9-19(22)26-17-8-13-4-2-3-12(13)7-16(15)17/h5-10H,2-4,11H2,1H3. The molecule has 0 amide bonds. The zero-order valence-electron chi connectivity index (χ0n) is 14.3. The molecule has 0 saturated heterocycles. The Morgan fingerprint density at radius 2 is 2.00 bits per heavy atom. The third kappa shape index (κ3) is 3.06. The van der Waals surface area contributed by atoms with Gasteiger partial charge in [-0.05, 0) is 48.6 Å². The summed E-state index contributed by atoms with van der Waals surface area (Å²) in [5.74, 6) is -0.0928. The van der Waals surface area contributed by atoms with Crippen LogP contribution in [0.5, 0.6) is 5.88 Å². The summed E-state index contributed by atoms with van der Waals surface area (Å²) in [6.45, 7) is -0.00819. The summed E-state index contributed by atoms with van der Waals surface area (Å²) in [5, 5.41) is 0.811. The zero-order valence-corrected chi connectivity index (χ0v) is 14.3. The second kappa shape index (κ2) is 6.63. The van der Waals surface area contributed by atoms with Crippen LogP contribution in [-0.4, -0.2) is 18.1 Å². The van der Waals surface area contributed by atoms with Gasteiger partial charge in [0.25, 0.3) is 0 Å². The summed E-state index contributed by atoms with van der Waals surface area (Å²) >= 11 is 0. The molecule has 0 fully saturated rings. The van der Waals surface area contributed by atoms with E-state index in [4.69, 9.17) is 13.9 Å². The number of ether oxygens (including phenoxy) is 2. The maximum atomic E-state index is 12.2. The summed E-state index contributed by atoms with van der Waals surface area (Å²) in [4.78, 5) is 28.1. The zero-order chi connectivity index (χ0) is 18.1. The predicted molar refractivity (Wildman–Crippen MR) is 94.4 cm³/mol. The van der Waals surface area contributed by atoms with Crippen molar-refractivity contribution in [1.82, 2.24) is 4.98 Å². The van der Waals surface area contributed by atoms with Gasteiger partial charge < -0.3 is 13.9 Å². The quantitative estimate of drug-likeness (QED) is 0.531. The van der Waals surface area contributed by atoms with Crippen molar-refractivity contribution in [1.29, 1.82) is 0 Å². The van der Waals surface area contributed by atoms with E-state index in [-0.39, 0.29) is 6.61 Å². The van der Waals surface area contributed by atoms with Crippen molar-refractivity contribution < 1.29 is 18.7 Å². The number of benzene rings is 1. The lowest BCUT2D eigenvalue weighted by Crippen LogP contribution is -2.08. The van der Waals surface area contributed by atoms with Gasteiger partial charge in [-0.3, -0.25) is 0 Å². The number of pyridine rings is 1. The second-order valence-electron chi connectivity index (χ2n) is 6.23. The molecule has 0 radical (unpaired) electrons. The molecule has 0 aliphatic heterocycles. The predicted octanol–water partition coefficient (Wildman–Crippen LogP) is 3.04. The van der Waals surface area contributed by atoms with E-state index in [1.807, 2.05) is 12.1 Å². The van der Waals surface area contributed by atoms with Gasteiger partial charge in [0.15, 0.2) is 0 Å². The van der Waals surface area contributed by atoms with E-state index in [9.17, 15) is 9.59 Å². The van der Waals surface area contributed by atoms with Gasteiger partial charge in [0.1, 0.15) is 12.2 Å². The van der Waals surface area contributed by atoms with Gasteiger partial charge in [0, 0.05) is 29.3 Å². The number of methoxy groups -OCH3 is 1. The van der Waals surface area contributed by atoms with Crippen LogP contribution in [0.1, 0.15) is 33.5 Å². The molecule has 1 aromatic carbocycles. The first-order chi connectivity index (χ1) is 12.6. The van der Waals surface area contributed by atoms with E-state index in [0.717, 1.165) is 24.6 Å². The van der Waals surface area contributed by atoms with Gasteiger partial charge in [0.2, 0.25) is 5.88 Å². The van der Waals surface area contributed by atoms with Gasteiger partial charge in [0.05, 0.1) is 12.7 Å². The number of hydrogen-bond acceptors (Lipinski definition) is 6. The van der Waals surface area contributed by atoms with E-state index < -0.39 is 11.6 Å². The fourth-order valence-corrected chi connectivity index (χ4v) is 3.26. The van der Waals surface area contributed by atoms with Crippen molar-refractivity contribution in [2.24, 2.45) is 0 Å². The van der Waals surface area contributed by atoms with Crippen LogP contribution in [-0.2, 0) is 24.2 Å². The van der Waals surface area contributed by atoms with Crippen LogP contribution in [0.4, 0.5) is 0 Å². The highest BCUT2D eigenvalue weighted by molar-refractivity contribution is 5.89. The minimum Gasteiger partial charge on any atom is -0.481 e. The number of aromatic nitrogens is 1. The number of fused-ring (bicyclic) bond motifs is 2. The largest absolute Gasteiger partial charge is 0.481 e. The number of nitrogens with zero attached hydrogens (tertiary/aromatic N) is 1. The van der Waals surface area contributed by atoms with Crippen LogP contribution < -0.4 is 10.4 Å². The molecule has 0 unspecified atom stereocenters. The maximum Gasteiger partial charge on any atom is 0.340 e. The van der Waals surface area contributed by atoms with E-state index in [2.05, 4.69) is 4.98 Å². The first kappa shape index (κ1) is 16.3. The highest BCUT2D eigenvalue weighted by atomic mass is 16.5. The van der Waals surface area contributed by atoms with Crippen molar-refractivity contribution >= 4 is 16.9 Å². The average Bonchev–Trinajstić information content (AvgIpc) is 3.11. The van der Waals surface area contributed by atoms with Gasteiger partial charge in [-0.25, -0.2) is 14.6 Å². The molecule has 0 spiro atoms. The first-order valence-corrected chi connectivity index (χ1v) is 8.40. The molecule has 2 aromatic heterocycles. The maximum absolute atomic E-state index is 12.2. The van der Waals surface area contributed by atoms with Crippen LogP contribution in [0.2, 0.25) is 0 Å². The lowest BCUT2D eigenvalue weighted by Gasteiger charge is -2.09. The van der Waals surface area contributed by atoms with Crippen LogP contribution in [0.25, 0.3) is 11.0 Å². The molecule has 2 heterocycles. The molecule has 0 saturated carbocycles. The third-order valence-corrected chi connectivity index (χ3v) is 4.58. The molecular formula is C20H17NO5. The Bertz CT molecular complexity index is 1040. The Morgan fingerprint density at radius 3 is 2.73 bits per heavy atom. The van der Waals surface area contributed by atoms with E-state index in [1.54, 1.807) is 12.1 Å². The number of carbonyl (C=O) groups is 1. The van der Waals surface area contributed by atoms with Gasteiger partial charge in [-0.1, -0.05) is 0 Å². The number of aryl methyl sites for hydroxylation is 2. The minimum absolute atomic E-state index is 0.00819. The summed E-state index contributed by atoms with van der Waals surface area (Å²) in [6, 6.07) is 8.52. The third-order valence-electron chi connectivity index (χ3n) is 4.58. The minimum atomic E-state index is -0.511. The van der Waals surface area contributed by atoms with Crippen molar-refractivity contribution in [3.05, 3.63) is 69.2 Å². The van der Waals surface area contributed by atoms with Crippen molar-refractivity contribution in [3.63, 3.8) is 0 Å². The fourth-order valence-electron chi connectivity index (χ4n) is 3.26. The molecule has 0 atom stereocenters. The molecule has 3 aromatic rings. The van der Waals surface area contributed by atoms with Crippen molar-refractivity contribution in [3.8, 4) is 5.88 Å². The topological polar surface area (TPSA) is 78.6 Å². The normalized spacial score (nSPS) is 12.8. The fraction of sp³-hybridized carbons (Fsp3) is 0.250. The Kier molecular flexibility index (Phi) is 4.16. The van der Waals surface area contributed by atoms with Gasteiger partial charge >= 0.3 is 11.6 Å². The van der Waals surface area contributed by atoms with E-state index >= 15 is 0 Å². The summed E-state index contributed by atoms with van der Waals surface area (Å²) in [7, 11) is 1.50. The smallest absolute Gasteiger partial charge is 0.340 e. The molecule has 0 bridgehead atoms. The number of esters is 1. The Morgan fingerprint density at radius 1 is 1.19 bits per heavy atom. The molecule has 1 aliphatic rings.